The van der Waals surface area contributed by atoms with E-state index < -0.39 is 0 Å². The molecule has 36 heavy (non-hydrogen) atoms. The zero-order valence-corrected chi connectivity index (χ0v) is 20.0. The first kappa shape index (κ1) is 23.2. The van der Waals surface area contributed by atoms with Crippen molar-refractivity contribution < 1.29 is 4.79 Å². The minimum Gasteiger partial charge on any atom is -0.285 e. The Kier molecular flexibility index (Phi) is 6.98. The highest BCUT2D eigenvalue weighted by Gasteiger charge is 2.18. The Hall–Kier alpha value is -4.53. The number of aromatic nitrogens is 8. The van der Waals surface area contributed by atoms with Gasteiger partial charge in [0.2, 0.25) is 17.4 Å². The van der Waals surface area contributed by atoms with Crippen molar-refractivity contribution in [2.24, 2.45) is 0 Å². The second kappa shape index (κ2) is 10.8. The van der Waals surface area contributed by atoms with E-state index in [1.807, 2.05) is 59.3 Å². The van der Waals surface area contributed by atoms with Crippen LogP contribution in [0, 0.1) is 0 Å². The zero-order chi connectivity index (χ0) is 24.7. The van der Waals surface area contributed by atoms with Gasteiger partial charge in [-0.1, -0.05) is 74.4 Å². The number of pyridine rings is 1. The molecule has 3 heterocycles. The van der Waals surface area contributed by atoms with Crippen molar-refractivity contribution in [3.05, 3.63) is 95.7 Å². The van der Waals surface area contributed by atoms with Gasteiger partial charge >= 0.3 is 0 Å². The Morgan fingerprint density at radius 2 is 1.81 bits per heavy atom. The Labute approximate surface area is 208 Å². The second-order valence-corrected chi connectivity index (χ2v) is 8.49. The van der Waals surface area contributed by atoms with Gasteiger partial charge < -0.3 is 0 Å². The molecule has 0 fully saturated rings. The highest BCUT2D eigenvalue weighted by molar-refractivity contribution is 6.06. The number of unbranched alkanes of at least 4 members (excludes halogenated alkanes) is 2. The number of hydrogen-bond acceptors (Lipinski definition) is 7. The number of nitrogens with one attached hydrogen (secondary N) is 1. The minimum absolute atomic E-state index is 0.161. The molecule has 0 atom stereocenters. The lowest BCUT2D eigenvalue weighted by atomic mass is 10.0. The molecule has 0 radical (unpaired) electrons. The maximum Gasteiger partial charge on any atom is 0.232 e. The Morgan fingerprint density at radius 3 is 2.56 bits per heavy atom. The van der Waals surface area contributed by atoms with Crippen molar-refractivity contribution >= 4 is 5.78 Å². The van der Waals surface area contributed by atoms with E-state index in [-0.39, 0.29) is 11.6 Å². The Bertz CT molecular complexity index is 1430. The van der Waals surface area contributed by atoms with Crippen molar-refractivity contribution in [1.29, 1.82) is 0 Å². The third-order valence-corrected chi connectivity index (χ3v) is 5.95. The number of aryl methyl sites for hydroxylation is 1. The van der Waals surface area contributed by atoms with Crippen LogP contribution in [0.4, 0.5) is 0 Å². The minimum atomic E-state index is -0.161. The molecule has 0 aliphatic carbocycles. The number of ketones is 1. The van der Waals surface area contributed by atoms with Crippen LogP contribution in [0.25, 0.3) is 22.6 Å². The van der Waals surface area contributed by atoms with Gasteiger partial charge in [-0.15, -0.1) is 15.3 Å². The van der Waals surface area contributed by atoms with Crippen LogP contribution >= 0.6 is 0 Å². The molecule has 9 heteroatoms. The number of carbonyl (C=O) groups is 1. The van der Waals surface area contributed by atoms with Crippen LogP contribution in [0.15, 0.2) is 72.9 Å². The molecule has 0 saturated carbocycles. The molecule has 5 rings (SSSR count). The van der Waals surface area contributed by atoms with E-state index in [2.05, 4.69) is 42.6 Å². The van der Waals surface area contributed by atoms with Gasteiger partial charge in [-0.25, -0.2) is 9.67 Å². The van der Waals surface area contributed by atoms with E-state index in [1.165, 1.54) is 0 Å². The summed E-state index contributed by atoms with van der Waals surface area (Å²) in [5.41, 5.74) is 4.17. The molecule has 0 aliphatic rings. The first-order valence-corrected chi connectivity index (χ1v) is 12.0. The molecule has 5 aromatic rings. The molecule has 3 aromatic heterocycles. The van der Waals surface area contributed by atoms with Gasteiger partial charge in [-0.3, -0.25) is 9.78 Å². The summed E-state index contributed by atoms with van der Waals surface area (Å²) in [6.07, 6.45) is 5.76. The maximum absolute atomic E-state index is 13.0. The molecule has 0 spiro atoms. The summed E-state index contributed by atoms with van der Waals surface area (Å²) < 4.78 is 1.85. The summed E-state index contributed by atoms with van der Waals surface area (Å²) in [6.45, 7) is 2.69. The van der Waals surface area contributed by atoms with E-state index >= 15 is 0 Å². The smallest absolute Gasteiger partial charge is 0.232 e. The molecule has 9 nitrogen and oxygen atoms in total. The number of benzene rings is 2. The second-order valence-electron chi connectivity index (χ2n) is 8.49. The monoisotopic (exact) mass is 478 g/mol. The number of carbonyl (C=O) groups excluding carboxylic acids is 1. The lowest BCUT2D eigenvalue weighted by molar-refractivity contribution is 0.102. The molecule has 1 N–H and O–H groups in total. The fraction of sp³-hybridized carbons (Fsp3) is 0.222. The molecular formula is C27H26N8O. The number of H-pyrrole nitrogens is 1. The summed E-state index contributed by atoms with van der Waals surface area (Å²) in [5, 5.41) is 18.9. The summed E-state index contributed by atoms with van der Waals surface area (Å²) in [5.74, 6) is 1.40. The number of nitrogens with zero attached hydrogens (tertiary/aromatic N) is 7. The molecular weight excluding hydrogens is 452 g/mol. The van der Waals surface area contributed by atoms with Crippen LogP contribution in [-0.4, -0.2) is 46.2 Å². The van der Waals surface area contributed by atoms with Crippen LogP contribution in [0.5, 0.6) is 0 Å². The van der Waals surface area contributed by atoms with Crippen molar-refractivity contribution in [3.63, 3.8) is 0 Å². The lowest BCUT2D eigenvalue weighted by Gasteiger charge is -2.09. The van der Waals surface area contributed by atoms with Crippen molar-refractivity contribution in [1.82, 2.24) is 40.4 Å². The van der Waals surface area contributed by atoms with E-state index in [0.29, 0.717) is 17.9 Å². The largest absolute Gasteiger partial charge is 0.285 e. The van der Waals surface area contributed by atoms with Gasteiger partial charge in [0.25, 0.3) is 0 Å². The summed E-state index contributed by atoms with van der Waals surface area (Å²) in [4.78, 5) is 22.1. The molecule has 2 aromatic carbocycles. The molecule has 0 amide bonds. The van der Waals surface area contributed by atoms with E-state index in [4.69, 9.17) is 0 Å². The Balaban J connectivity index is 1.40. The zero-order valence-electron chi connectivity index (χ0n) is 20.0. The standard InChI is InChI=1S/C27H26N8O/c1-2-3-5-12-23-29-27(25(36)21-9-6-4-7-10-21)32-35(23)18-19-13-15-20(16-14-19)24-22(11-8-17-28-24)26-30-33-34-31-26/h4,6-11,13-17H,2-3,5,12,18H2,1H3,(H,30,31,33,34). The predicted molar refractivity (Wildman–Crippen MR) is 135 cm³/mol. The van der Waals surface area contributed by atoms with Gasteiger partial charge in [0.15, 0.2) is 0 Å². The van der Waals surface area contributed by atoms with Crippen molar-refractivity contribution in [2.75, 3.05) is 0 Å². The molecule has 180 valence electrons. The van der Waals surface area contributed by atoms with Gasteiger partial charge in [0.1, 0.15) is 5.82 Å². The summed E-state index contributed by atoms with van der Waals surface area (Å²) >= 11 is 0. The normalized spacial score (nSPS) is 11.0. The lowest BCUT2D eigenvalue weighted by Crippen LogP contribution is -2.08. The maximum atomic E-state index is 13.0. The summed E-state index contributed by atoms with van der Waals surface area (Å²) in [7, 11) is 0. The number of tetrazole rings is 1. The molecule has 0 bridgehead atoms. The average molecular weight is 479 g/mol. The van der Waals surface area contributed by atoms with E-state index in [1.54, 1.807) is 18.3 Å². The first-order chi connectivity index (χ1) is 17.7. The SMILES string of the molecule is CCCCCc1nc(C(=O)c2ccccc2)nn1Cc1ccc(-c2ncccc2-c2nn[nH]n2)cc1. The fourth-order valence-electron chi connectivity index (χ4n) is 4.07. The van der Waals surface area contributed by atoms with E-state index in [9.17, 15) is 4.79 Å². The van der Waals surface area contributed by atoms with Gasteiger partial charge in [0.05, 0.1) is 12.2 Å². The van der Waals surface area contributed by atoms with Gasteiger partial charge in [-0.05, 0) is 29.3 Å². The molecule has 0 unspecified atom stereocenters. The topological polar surface area (TPSA) is 115 Å². The Morgan fingerprint density at radius 1 is 0.972 bits per heavy atom. The predicted octanol–water partition coefficient (Wildman–Crippen LogP) is 4.53. The van der Waals surface area contributed by atoms with Crippen molar-refractivity contribution in [2.45, 2.75) is 39.2 Å². The average Bonchev–Trinajstić information content (AvgIpc) is 3.60. The first-order valence-electron chi connectivity index (χ1n) is 12.0. The third-order valence-electron chi connectivity index (χ3n) is 5.95. The third kappa shape index (κ3) is 5.10. The van der Waals surface area contributed by atoms with Crippen LogP contribution in [0.2, 0.25) is 0 Å². The van der Waals surface area contributed by atoms with Crippen LogP contribution in [-0.2, 0) is 13.0 Å². The molecule has 0 aliphatic heterocycles. The van der Waals surface area contributed by atoms with Crippen molar-refractivity contribution in [3.8, 4) is 22.6 Å². The van der Waals surface area contributed by atoms with Gasteiger partial charge in [-0.2, -0.15) is 5.21 Å². The highest BCUT2D eigenvalue weighted by Crippen LogP contribution is 2.27. The summed E-state index contributed by atoms with van der Waals surface area (Å²) in [6, 6.07) is 21.1. The van der Waals surface area contributed by atoms with Crippen LogP contribution in [0.3, 0.4) is 0 Å². The van der Waals surface area contributed by atoms with Crippen LogP contribution < -0.4 is 0 Å². The number of rotatable bonds is 10. The number of aromatic amines is 1. The van der Waals surface area contributed by atoms with Gasteiger partial charge in [0, 0.05) is 29.3 Å². The molecule has 0 saturated heterocycles. The van der Waals surface area contributed by atoms with E-state index in [0.717, 1.165) is 53.9 Å². The quantitative estimate of drug-likeness (QED) is 0.232. The van der Waals surface area contributed by atoms with Crippen LogP contribution in [0.1, 0.15) is 53.8 Å². The highest BCUT2D eigenvalue weighted by atomic mass is 16.1. The fourth-order valence-corrected chi connectivity index (χ4v) is 4.07. The number of hydrogen-bond donors (Lipinski definition) is 1.